The topological polar surface area (TPSA) is 281 Å². The lowest BCUT2D eigenvalue weighted by atomic mass is 10.0. The van der Waals surface area contributed by atoms with Gasteiger partial charge in [-0.3, -0.25) is 29.0 Å². The van der Waals surface area contributed by atoms with Crippen molar-refractivity contribution < 1.29 is 39.0 Å². The van der Waals surface area contributed by atoms with E-state index in [-0.39, 0.29) is 50.5 Å². The van der Waals surface area contributed by atoms with E-state index < -0.39 is 72.2 Å². The molecule has 0 aliphatic heterocycles. The number of carbonyl (C=O) groups excluding carboxylic acids is 4. The number of nitrogens with two attached hydrogens (primary N) is 3. The first-order valence-electron chi connectivity index (χ1n) is 16.7. The molecule has 0 bridgehead atoms. The predicted octanol–water partition coefficient (Wildman–Crippen LogP) is -0.213. The number of amides is 4. The summed E-state index contributed by atoms with van der Waals surface area (Å²) in [5.74, 6) is -5.70. The summed E-state index contributed by atoms with van der Waals surface area (Å²) in [6.45, 7) is 3.91. The standard InChI is InChI=1S/C35H50N8O8/c1-21(2)18-24(36)30(46)42-27(19-22-10-5-3-6-11-22)33(49)40-25(14-9-17-39-35(37)38)31(47)41-26(15-16-29(44)45)32(48)43-28(34(50)51)20-23-12-7-4-8-13-23/h3-8,10-13,21,24-28H,9,14-20,36H2,1-2H3,(H,40,49)(H,41,47)(H,42,46)(H,43,48)(H,44,45)(H,50,51)(H4,37,38,39)/t24-,25-,26-,27-,28-/m0/s1. The van der Waals surface area contributed by atoms with Crippen molar-refractivity contribution in [2.45, 2.75) is 89.0 Å². The van der Waals surface area contributed by atoms with Crippen molar-refractivity contribution in [2.24, 2.45) is 28.1 Å². The fraction of sp³-hybridized carbons (Fsp3) is 0.457. The molecular formula is C35H50N8O8. The Balaban J connectivity index is 2.34. The molecule has 278 valence electrons. The molecule has 0 aliphatic carbocycles. The molecule has 2 aromatic rings. The number of guanidine groups is 1. The van der Waals surface area contributed by atoms with Crippen molar-refractivity contribution in [3.63, 3.8) is 0 Å². The molecular weight excluding hydrogens is 660 g/mol. The number of carbonyl (C=O) groups is 6. The van der Waals surface area contributed by atoms with Gasteiger partial charge in [-0.25, -0.2) is 4.79 Å². The smallest absolute Gasteiger partial charge is 0.326 e. The first kappa shape index (κ1) is 41.7. The molecule has 16 nitrogen and oxygen atoms in total. The summed E-state index contributed by atoms with van der Waals surface area (Å²) in [6.07, 6.45) is -0.355. The van der Waals surface area contributed by atoms with E-state index in [9.17, 15) is 39.0 Å². The average molecular weight is 711 g/mol. The first-order valence-corrected chi connectivity index (χ1v) is 16.7. The van der Waals surface area contributed by atoms with E-state index in [1.165, 1.54) is 0 Å². The highest BCUT2D eigenvalue weighted by Crippen LogP contribution is 2.10. The number of benzene rings is 2. The second kappa shape index (κ2) is 21.5. The summed E-state index contributed by atoms with van der Waals surface area (Å²) in [5.41, 5.74) is 18.3. The van der Waals surface area contributed by atoms with E-state index >= 15 is 0 Å². The molecule has 5 atom stereocenters. The maximum Gasteiger partial charge on any atom is 0.326 e. The zero-order valence-corrected chi connectivity index (χ0v) is 28.9. The number of carboxylic acid groups (broad SMARTS) is 2. The van der Waals surface area contributed by atoms with Gasteiger partial charge in [0.15, 0.2) is 5.96 Å². The average Bonchev–Trinajstić information content (AvgIpc) is 3.07. The lowest BCUT2D eigenvalue weighted by Gasteiger charge is -2.26. The van der Waals surface area contributed by atoms with Gasteiger partial charge in [0.2, 0.25) is 23.6 Å². The van der Waals surface area contributed by atoms with Gasteiger partial charge in [-0.15, -0.1) is 0 Å². The van der Waals surface area contributed by atoms with Crippen LogP contribution in [0.25, 0.3) is 0 Å². The number of aliphatic carboxylic acids is 2. The summed E-state index contributed by atoms with van der Waals surface area (Å²) in [5, 5.41) is 29.4. The van der Waals surface area contributed by atoms with Crippen molar-refractivity contribution in [2.75, 3.05) is 6.54 Å². The Morgan fingerprint density at radius 1 is 0.667 bits per heavy atom. The van der Waals surface area contributed by atoms with Gasteiger partial charge in [0.05, 0.1) is 6.04 Å². The van der Waals surface area contributed by atoms with Crippen molar-refractivity contribution in [3.8, 4) is 0 Å². The second-order valence-electron chi connectivity index (χ2n) is 12.6. The Labute approximate surface area is 297 Å². The Bertz CT molecular complexity index is 1490. The van der Waals surface area contributed by atoms with Crippen LogP contribution in [0.5, 0.6) is 0 Å². The summed E-state index contributed by atoms with van der Waals surface area (Å²) in [4.78, 5) is 81.3. The van der Waals surface area contributed by atoms with E-state index in [2.05, 4.69) is 26.3 Å². The number of rotatable bonds is 22. The van der Waals surface area contributed by atoms with Crippen LogP contribution in [0.4, 0.5) is 0 Å². The first-order chi connectivity index (χ1) is 24.2. The summed E-state index contributed by atoms with van der Waals surface area (Å²) >= 11 is 0. The normalized spacial score (nSPS) is 13.8. The molecule has 4 amide bonds. The molecule has 12 N–H and O–H groups in total. The zero-order valence-electron chi connectivity index (χ0n) is 28.9. The van der Waals surface area contributed by atoms with Crippen LogP contribution in [0.2, 0.25) is 0 Å². The maximum atomic E-state index is 13.8. The highest BCUT2D eigenvalue weighted by Gasteiger charge is 2.32. The van der Waals surface area contributed by atoms with E-state index in [1.807, 2.05) is 13.8 Å². The van der Waals surface area contributed by atoms with Gasteiger partial charge in [0.1, 0.15) is 24.2 Å². The van der Waals surface area contributed by atoms with E-state index in [1.54, 1.807) is 60.7 Å². The largest absolute Gasteiger partial charge is 0.481 e. The van der Waals surface area contributed by atoms with E-state index in [0.717, 1.165) is 5.56 Å². The van der Waals surface area contributed by atoms with Crippen molar-refractivity contribution >= 4 is 41.5 Å². The number of carboxylic acids is 2. The van der Waals surface area contributed by atoms with Gasteiger partial charge in [0, 0.05) is 25.8 Å². The molecule has 16 heteroatoms. The van der Waals surface area contributed by atoms with Gasteiger partial charge >= 0.3 is 11.9 Å². The Morgan fingerprint density at radius 2 is 1.12 bits per heavy atom. The Hall–Kier alpha value is -5.51. The van der Waals surface area contributed by atoms with Crippen LogP contribution >= 0.6 is 0 Å². The molecule has 0 aliphatic rings. The van der Waals surface area contributed by atoms with Crippen LogP contribution < -0.4 is 38.5 Å². The minimum absolute atomic E-state index is 0.0216. The highest BCUT2D eigenvalue weighted by atomic mass is 16.4. The highest BCUT2D eigenvalue weighted by molar-refractivity contribution is 5.95. The third-order valence-electron chi connectivity index (χ3n) is 7.73. The maximum absolute atomic E-state index is 13.8. The van der Waals surface area contributed by atoms with Crippen molar-refractivity contribution in [1.29, 1.82) is 0 Å². The Morgan fingerprint density at radius 3 is 1.59 bits per heavy atom. The molecule has 0 aromatic heterocycles. The summed E-state index contributed by atoms with van der Waals surface area (Å²) in [6, 6.07) is 11.2. The Kier molecular flexibility index (Phi) is 17.6. The number of nitrogens with one attached hydrogen (secondary N) is 4. The van der Waals surface area contributed by atoms with E-state index in [4.69, 9.17) is 17.2 Å². The molecule has 0 spiro atoms. The van der Waals surface area contributed by atoms with Crippen LogP contribution in [0, 0.1) is 5.92 Å². The second-order valence-corrected chi connectivity index (χ2v) is 12.6. The van der Waals surface area contributed by atoms with Gasteiger partial charge in [-0.1, -0.05) is 74.5 Å². The number of nitrogens with zero attached hydrogens (tertiary/aromatic N) is 1. The van der Waals surface area contributed by atoms with Crippen LogP contribution in [0.15, 0.2) is 65.7 Å². The molecule has 0 saturated carbocycles. The van der Waals surface area contributed by atoms with Crippen LogP contribution in [0.1, 0.15) is 57.1 Å². The van der Waals surface area contributed by atoms with Gasteiger partial charge < -0.3 is 48.7 Å². The molecule has 2 aromatic carbocycles. The lowest BCUT2D eigenvalue weighted by molar-refractivity contribution is -0.143. The fourth-order valence-electron chi connectivity index (χ4n) is 5.13. The van der Waals surface area contributed by atoms with Crippen molar-refractivity contribution in [1.82, 2.24) is 21.3 Å². The summed E-state index contributed by atoms with van der Waals surface area (Å²) in [7, 11) is 0. The molecule has 51 heavy (non-hydrogen) atoms. The van der Waals surface area contributed by atoms with E-state index in [0.29, 0.717) is 12.0 Å². The van der Waals surface area contributed by atoms with Crippen LogP contribution in [-0.4, -0.2) is 88.5 Å². The third-order valence-corrected chi connectivity index (χ3v) is 7.73. The number of aliphatic imine (C=N–C) groups is 1. The molecule has 0 fully saturated rings. The van der Waals surface area contributed by atoms with Crippen LogP contribution in [-0.2, 0) is 41.6 Å². The molecule has 0 radical (unpaired) electrons. The fourth-order valence-corrected chi connectivity index (χ4v) is 5.13. The van der Waals surface area contributed by atoms with Gasteiger partial charge in [-0.2, -0.15) is 0 Å². The third kappa shape index (κ3) is 16.2. The van der Waals surface area contributed by atoms with Crippen LogP contribution in [0.3, 0.4) is 0 Å². The SMILES string of the molecule is CC(C)C[C@H](N)C(=O)N[C@@H](Cc1ccccc1)C(=O)N[C@@H](CCCN=C(N)N)C(=O)N[C@@H](CCC(=O)O)C(=O)N[C@@H](Cc1ccccc1)C(=O)O. The molecule has 0 saturated heterocycles. The minimum atomic E-state index is -1.47. The lowest BCUT2D eigenvalue weighted by Crippen LogP contribution is -2.59. The number of hydrogen-bond acceptors (Lipinski definition) is 8. The molecule has 0 heterocycles. The van der Waals surface area contributed by atoms with Gasteiger partial charge in [-0.05, 0) is 42.7 Å². The van der Waals surface area contributed by atoms with Gasteiger partial charge in [0.25, 0.3) is 0 Å². The van der Waals surface area contributed by atoms with Crippen molar-refractivity contribution in [3.05, 3.63) is 71.8 Å². The molecule has 2 rings (SSSR count). The molecule has 0 unspecified atom stereocenters. The minimum Gasteiger partial charge on any atom is -0.481 e. The predicted molar refractivity (Wildman–Crippen MR) is 190 cm³/mol. The zero-order chi connectivity index (χ0) is 37.9. The monoisotopic (exact) mass is 710 g/mol. The summed E-state index contributed by atoms with van der Waals surface area (Å²) < 4.78 is 0. The number of hydrogen-bond donors (Lipinski definition) is 9. The quantitative estimate of drug-likeness (QED) is 0.0438.